The van der Waals surface area contributed by atoms with Crippen LogP contribution in [0.5, 0.6) is 0 Å². The standard InChI is InChI=1S/C16H27N3O2/c1-16(2,3)21-15(20)19-11-13-5-4-6-14(13)18-10-12-7-8-17-9-12/h7-9,13-14,17-18H,4-6,10-11H2,1-3H3,(H,19,20)/t13-,14+/m0/s1. The Morgan fingerprint density at radius 1 is 1.43 bits per heavy atom. The molecule has 118 valence electrons. The molecular weight excluding hydrogens is 266 g/mol. The molecule has 1 aliphatic carbocycles. The number of aromatic nitrogens is 1. The Morgan fingerprint density at radius 3 is 2.90 bits per heavy atom. The van der Waals surface area contributed by atoms with Crippen LogP contribution < -0.4 is 10.6 Å². The maximum Gasteiger partial charge on any atom is 0.407 e. The van der Waals surface area contributed by atoms with Crippen LogP contribution in [0.3, 0.4) is 0 Å². The van der Waals surface area contributed by atoms with E-state index in [0.717, 1.165) is 13.0 Å². The summed E-state index contributed by atoms with van der Waals surface area (Å²) in [7, 11) is 0. The van der Waals surface area contributed by atoms with Crippen molar-refractivity contribution >= 4 is 6.09 Å². The number of hydrogen-bond acceptors (Lipinski definition) is 3. The second-order valence-corrected chi connectivity index (χ2v) is 6.78. The highest BCUT2D eigenvalue weighted by molar-refractivity contribution is 5.67. The highest BCUT2D eigenvalue weighted by Crippen LogP contribution is 2.25. The van der Waals surface area contributed by atoms with Gasteiger partial charge in [0.05, 0.1) is 0 Å². The van der Waals surface area contributed by atoms with Crippen molar-refractivity contribution in [3.8, 4) is 0 Å². The van der Waals surface area contributed by atoms with Gasteiger partial charge in [0.15, 0.2) is 0 Å². The number of nitrogens with one attached hydrogen (secondary N) is 3. The summed E-state index contributed by atoms with van der Waals surface area (Å²) >= 11 is 0. The maximum atomic E-state index is 11.7. The van der Waals surface area contributed by atoms with Crippen molar-refractivity contribution in [2.75, 3.05) is 6.54 Å². The first-order valence-corrected chi connectivity index (χ1v) is 7.76. The highest BCUT2D eigenvalue weighted by Gasteiger charge is 2.27. The monoisotopic (exact) mass is 293 g/mol. The minimum atomic E-state index is -0.439. The summed E-state index contributed by atoms with van der Waals surface area (Å²) in [6.07, 6.45) is 7.17. The van der Waals surface area contributed by atoms with Crippen molar-refractivity contribution in [2.24, 2.45) is 5.92 Å². The van der Waals surface area contributed by atoms with Crippen LogP contribution in [0.1, 0.15) is 45.6 Å². The molecule has 0 radical (unpaired) electrons. The summed E-state index contributed by atoms with van der Waals surface area (Å²) < 4.78 is 5.28. The largest absolute Gasteiger partial charge is 0.444 e. The fraction of sp³-hybridized carbons (Fsp3) is 0.688. The zero-order valence-corrected chi connectivity index (χ0v) is 13.2. The van der Waals surface area contributed by atoms with Crippen LogP contribution in [0.15, 0.2) is 18.5 Å². The number of H-pyrrole nitrogens is 1. The molecule has 1 heterocycles. The molecule has 1 aliphatic rings. The zero-order valence-electron chi connectivity index (χ0n) is 13.2. The van der Waals surface area contributed by atoms with E-state index < -0.39 is 5.60 Å². The van der Waals surface area contributed by atoms with Crippen LogP contribution in [-0.2, 0) is 11.3 Å². The first-order valence-electron chi connectivity index (χ1n) is 7.76. The molecule has 1 amide bonds. The Hall–Kier alpha value is -1.49. The van der Waals surface area contributed by atoms with Crippen molar-refractivity contribution in [1.82, 2.24) is 15.6 Å². The Morgan fingerprint density at radius 2 is 2.24 bits per heavy atom. The average Bonchev–Trinajstić information content (AvgIpc) is 3.03. The van der Waals surface area contributed by atoms with E-state index in [1.54, 1.807) is 0 Å². The van der Waals surface area contributed by atoms with Crippen LogP contribution in [0, 0.1) is 5.92 Å². The van der Waals surface area contributed by atoms with Gasteiger partial charge < -0.3 is 20.4 Å². The molecule has 5 nitrogen and oxygen atoms in total. The van der Waals surface area contributed by atoms with Gasteiger partial charge in [-0.1, -0.05) is 6.42 Å². The van der Waals surface area contributed by atoms with Gasteiger partial charge >= 0.3 is 6.09 Å². The van der Waals surface area contributed by atoms with Gasteiger partial charge in [-0.2, -0.15) is 0 Å². The van der Waals surface area contributed by atoms with Crippen LogP contribution in [0.25, 0.3) is 0 Å². The summed E-state index contributed by atoms with van der Waals surface area (Å²) in [5.41, 5.74) is 0.826. The van der Waals surface area contributed by atoms with Gasteiger partial charge in [0.25, 0.3) is 0 Å². The van der Waals surface area contributed by atoms with Gasteiger partial charge in [-0.25, -0.2) is 4.79 Å². The third kappa shape index (κ3) is 5.42. The zero-order chi connectivity index (χ0) is 15.3. The number of aromatic amines is 1. The van der Waals surface area contributed by atoms with E-state index in [4.69, 9.17) is 4.74 Å². The Balaban J connectivity index is 1.73. The van der Waals surface area contributed by atoms with E-state index in [0.29, 0.717) is 18.5 Å². The molecule has 0 aromatic carbocycles. The van der Waals surface area contributed by atoms with Crippen molar-refractivity contribution in [2.45, 2.75) is 58.2 Å². The van der Waals surface area contributed by atoms with Gasteiger partial charge in [-0.3, -0.25) is 0 Å². The third-order valence-electron chi connectivity index (χ3n) is 3.80. The molecule has 2 rings (SSSR count). The molecular formula is C16H27N3O2. The minimum Gasteiger partial charge on any atom is -0.444 e. The molecule has 2 atom stereocenters. The predicted octanol–water partition coefficient (Wildman–Crippen LogP) is 2.80. The van der Waals surface area contributed by atoms with E-state index in [9.17, 15) is 4.79 Å². The van der Waals surface area contributed by atoms with Crippen LogP contribution in [-0.4, -0.2) is 29.3 Å². The lowest BCUT2D eigenvalue weighted by Crippen LogP contribution is -2.40. The molecule has 3 N–H and O–H groups in total. The van der Waals surface area contributed by atoms with Gasteiger partial charge in [0.1, 0.15) is 5.60 Å². The van der Waals surface area contributed by atoms with Gasteiger partial charge in [-0.15, -0.1) is 0 Å². The van der Waals surface area contributed by atoms with E-state index in [2.05, 4.69) is 21.7 Å². The molecule has 5 heteroatoms. The van der Waals surface area contributed by atoms with Crippen molar-refractivity contribution in [3.05, 3.63) is 24.0 Å². The normalized spacial score (nSPS) is 22.2. The number of carbonyl (C=O) groups excluding carboxylic acids is 1. The summed E-state index contributed by atoms with van der Waals surface area (Å²) in [4.78, 5) is 14.8. The van der Waals surface area contributed by atoms with Crippen LogP contribution in [0.4, 0.5) is 4.79 Å². The molecule has 0 saturated heterocycles. The Kier molecular flexibility index (Phi) is 5.28. The number of alkyl carbamates (subject to hydrolysis) is 1. The third-order valence-corrected chi connectivity index (χ3v) is 3.80. The quantitative estimate of drug-likeness (QED) is 0.782. The van der Waals surface area contributed by atoms with E-state index in [1.807, 2.05) is 33.2 Å². The summed E-state index contributed by atoms with van der Waals surface area (Å²) in [6.45, 7) is 7.19. The first kappa shape index (κ1) is 15.9. The number of rotatable bonds is 5. The lowest BCUT2D eigenvalue weighted by atomic mass is 10.0. The molecule has 21 heavy (non-hydrogen) atoms. The van der Waals surface area contributed by atoms with Crippen LogP contribution >= 0.6 is 0 Å². The van der Waals surface area contributed by atoms with Crippen molar-refractivity contribution < 1.29 is 9.53 Å². The molecule has 0 spiro atoms. The molecule has 0 bridgehead atoms. The summed E-state index contributed by atoms with van der Waals surface area (Å²) in [5, 5.41) is 6.49. The Bertz CT molecular complexity index is 437. The summed E-state index contributed by atoms with van der Waals surface area (Å²) in [6, 6.07) is 2.55. The molecule has 1 aromatic rings. The molecule has 1 fully saturated rings. The van der Waals surface area contributed by atoms with Crippen molar-refractivity contribution in [3.63, 3.8) is 0 Å². The average molecular weight is 293 g/mol. The molecule has 0 aliphatic heterocycles. The minimum absolute atomic E-state index is 0.321. The van der Waals surface area contributed by atoms with Crippen molar-refractivity contribution in [1.29, 1.82) is 0 Å². The molecule has 0 unspecified atom stereocenters. The highest BCUT2D eigenvalue weighted by atomic mass is 16.6. The fourth-order valence-corrected chi connectivity index (χ4v) is 2.80. The van der Waals surface area contributed by atoms with Gasteiger partial charge in [0, 0.05) is 31.5 Å². The second-order valence-electron chi connectivity index (χ2n) is 6.78. The first-order chi connectivity index (χ1) is 9.94. The number of carbonyl (C=O) groups is 1. The number of hydrogen-bond donors (Lipinski definition) is 3. The molecule has 1 aromatic heterocycles. The smallest absolute Gasteiger partial charge is 0.407 e. The van der Waals surface area contributed by atoms with E-state index in [-0.39, 0.29) is 6.09 Å². The van der Waals surface area contributed by atoms with Gasteiger partial charge in [0.2, 0.25) is 0 Å². The topological polar surface area (TPSA) is 66.2 Å². The van der Waals surface area contributed by atoms with E-state index >= 15 is 0 Å². The second kappa shape index (κ2) is 6.98. The molecule has 1 saturated carbocycles. The van der Waals surface area contributed by atoms with Gasteiger partial charge in [-0.05, 0) is 51.2 Å². The lowest BCUT2D eigenvalue weighted by molar-refractivity contribution is 0.0517. The van der Waals surface area contributed by atoms with E-state index in [1.165, 1.54) is 18.4 Å². The predicted molar refractivity (Wildman–Crippen MR) is 83.0 cm³/mol. The number of ether oxygens (including phenoxy) is 1. The fourth-order valence-electron chi connectivity index (χ4n) is 2.80. The SMILES string of the molecule is CC(C)(C)OC(=O)NC[C@@H]1CCC[C@H]1NCc1cc[nH]c1. The number of amides is 1. The van der Waals surface area contributed by atoms with Crippen LogP contribution in [0.2, 0.25) is 0 Å². The Labute approximate surface area is 126 Å². The lowest BCUT2D eigenvalue weighted by Gasteiger charge is -2.23. The summed E-state index contributed by atoms with van der Waals surface area (Å²) in [5.74, 6) is 0.483. The maximum absolute atomic E-state index is 11.7.